The van der Waals surface area contributed by atoms with E-state index >= 15 is 0 Å². The Hall–Kier alpha value is -0.570. The molecule has 3 heteroatoms. The third-order valence-corrected chi connectivity index (χ3v) is 3.83. The first-order valence-corrected chi connectivity index (χ1v) is 5.70. The zero-order valence-corrected chi connectivity index (χ0v) is 8.83. The Balaban J connectivity index is 2.21. The first-order chi connectivity index (χ1) is 6.71. The predicted octanol–water partition coefficient (Wildman–Crippen LogP) is 1.73. The first kappa shape index (κ1) is 9.97. The molecule has 0 radical (unpaired) electrons. The standard InChI is InChI=1S/C11H19NO2/c1-2-11(10(13)14,9-5-6-9)12-7-3-4-8-12/h9H,2-8H2,1H3,(H,13,14). The molecule has 2 rings (SSSR count). The zero-order chi connectivity index (χ0) is 10.2. The normalized spacial score (nSPS) is 27.5. The lowest BCUT2D eigenvalue weighted by Crippen LogP contribution is -2.54. The second-order valence-electron chi connectivity index (χ2n) is 4.55. The molecule has 2 aliphatic rings. The molecule has 1 aliphatic carbocycles. The first-order valence-electron chi connectivity index (χ1n) is 5.70. The van der Waals surface area contributed by atoms with Gasteiger partial charge in [0.25, 0.3) is 0 Å². The molecule has 1 saturated carbocycles. The summed E-state index contributed by atoms with van der Waals surface area (Å²) in [6, 6.07) is 0. The summed E-state index contributed by atoms with van der Waals surface area (Å²) in [5.74, 6) is -0.174. The van der Waals surface area contributed by atoms with Gasteiger partial charge in [-0.1, -0.05) is 6.92 Å². The maximum atomic E-state index is 11.5. The topological polar surface area (TPSA) is 40.5 Å². The van der Waals surface area contributed by atoms with Crippen LogP contribution in [0.25, 0.3) is 0 Å². The Labute approximate surface area is 85.1 Å². The SMILES string of the molecule is CCC(C(=O)O)(C1CC1)N1CCCC1. The molecule has 0 aromatic carbocycles. The van der Waals surface area contributed by atoms with Crippen molar-refractivity contribution in [2.75, 3.05) is 13.1 Å². The summed E-state index contributed by atoms with van der Waals surface area (Å²) in [7, 11) is 0. The molecule has 80 valence electrons. The number of rotatable bonds is 4. The smallest absolute Gasteiger partial charge is 0.324 e. The monoisotopic (exact) mass is 197 g/mol. The summed E-state index contributed by atoms with van der Waals surface area (Å²) in [5, 5.41) is 9.45. The van der Waals surface area contributed by atoms with Gasteiger partial charge in [-0.2, -0.15) is 0 Å². The third-order valence-electron chi connectivity index (χ3n) is 3.83. The average molecular weight is 197 g/mol. The molecule has 0 bridgehead atoms. The van der Waals surface area contributed by atoms with Crippen molar-refractivity contribution in [1.29, 1.82) is 0 Å². The molecule has 14 heavy (non-hydrogen) atoms. The van der Waals surface area contributed by atoms with Crippen molar-refractivity contribution in [2.24, 2.45) is 5.92 Å². The van der Waals surface area contributed by atoms with Crippen molar-refractivity contribution in [3.05, 3.63) is 0 Å². The lowest BCUT2D eigenvalue weighted by atomic mass is 9.88. The van der Waals surface area contributed by atoms with Gasteiger partial charge in [-0.25, -0.2) is 0 Å². The van der Waals surface area contributed by atoms with E-state index in [0.29, 0.717) is 5.92 Å². The Kier molecular flexibility index (Phi) is 2.52. The summed E-state index contributed by atoms with van der Waals surface area (Å²) in [6.45, 7) is 3.98. The molecule has 1 N–H and O–H groups in total. The summed E-state index contributed by atoms with van der Waals surface area (Å²) >= 11 is 0. The fourth-order valence-electron chi connectivity index (χ4n) is 2.91. The van der Waals surface area contributed by atoms with Crippen molar-refractivity contribution >= 4 is 5.97 Å². The van der Waals surface area contributed by atoms with E-state index in [1.54, 1.807) is 0 Å². The van der Waals surface area contributed by atoms with E-state index in [9.17, 15) is 9.90 Å². The van der Waals surface area contributed by atoms with Crippen LogP contribution in [-0.2, 0) is 4.79 Å². The Morgan fingerprint density at radius 1 is 1.43 bits per heavy atom. The number of hydrogen-bond acceptors (Lipinski definition) is 2. The van der Waals surface area contributed by atoms with Crippen LogP contribution in [0.2, 0.25) is 0 Å². The molecule has 0 amide bonds. The molecule has 0 aromatic rings. The highest BCUT2D eigenvalue weighted by Crippen LogP contribution is 2.46. The highest BCUT2D eigenvalue weighted by Gasteiger charge is 2.54. The summed E-state index contributed by atoms with van der Waals surface area (Å²) in [5.41, 5.74) is -0.517. The van der Waals surface area contributed by atoms with Gasteiger partial charge in [0, 0.05) is 0 Å². The van der Waals surface area contributed by atoms with Gasteiger partial charge < -0.3 is 5.11 Å². The molecule has 1 atom stereocenters. The maximum absolute atomic E-state index is 11.5. The fraction of sp³-hybridized carbons (Fsp3) is 0.909. The zero-order valence-electron chi connectivity index (χ0n) is 8.83. The van der Waals surface area contributed by atoms with Crippen LogP contribution >= 0.6 is 0 Å². The largest absolute Gasteiger partial charge is 0.480 e. The average Bonchev–Trinajstić information content (AvgIpc) is 2.83. The number of hydrogen-bond donors (Lipinski definition) is 1. The van der Waals surface area contributed by atoms with Crippen LogP contribution in [0, 0.1) is 5.92 Å². The third kappa shape index (κ3) is 1.34. The molecular formula is C11H19NO2. The minimum atomic E-state index is -0.593. The van der Waals surface area contributed by atoms with Crippen molar-refractivity contribution in [3.63, 3.8) is 0 Å². The van der Waals surface area contributed by atoms with Gasteiger partial charge in [-0.15, -0.1) is 0 Å². The highest BCUT2D eigenvalue weighted by molar-refractivity contribution is 5.79. The maximum Gasteiger partial charge on any atom is 0.324 e. The van der Waals surface area contributed by atoms with Crippen LogP contribution in [0.5, 0.6) is 0 Å². The minimum Gasteiger partial charge on any atom is -0.480 e. The van der Waals surface area contributed by atoms with E-state index in [4.69, 9.17) is 0 Å². The van der Waals surface area contributed by atoms with Crippen LogP contribution < -0.4 is 0 Å². The van der Waals surface area contributed by atoms with Crippen LogP contribution in [0.4, 0.5) is 0 Å². The number of likely N-dealkylation sites (tertiary alicyclic amines) is 1. The molecular weight excluding hydrogens is 178 g/mol. The van der Waals surface area contributed by atoms with Crippen LogP contribution in [-0.4, -0.2) is 34.6 Å². The van der Waals surface area contributed by atoms with E-state index < -0.39 is 11.5 Å². The van der Waals surface area contributed by atoms with E-state index in [0.717, 1.165) is 32.4 Å². The minimum absolute atomic E-state index is 0.420. The van der Waals surface area contributed by atoms with Gasteiger partial charge in [-0.3, -0.25) is 9.69 Å². The van der Waals surface area contributed by atoms with Crippen LogP contribution in [0.1, 0.15) is 39.0 Å². The van der Waals surface area contributed by atoms with Gasteiger partial charge in [0.2, 0.25) is 0 Å². The van der Waals surface area contributed by atoms with E-state index in [-0.39, 0.29) is 0 Å². The van der Waals surface area contributed by atoms with Gasteiger partial charge in [-0.05, 0) is 51.1 Å². The molecule has 1 aliphatic heterocycles. The van der Waals surface area contributed by atoms with Crippen LogP contribution in [0.3, 0.4) is 0 Å². The van der Waals surface area contributed by atoms with Crippen LogP contribution in [0.15, 0.2) is 0 Å². The number of aliphatic carboxylic acids is 1. The number of carbonyl (C=O) groups is 1. The van der Waals surface area contributed by atoms with E-state index in [1.165, 1.54) is 12.8 Å². The Bertz CT molecular complexity index is 231. The van der Waals surface area contributed by atoms with Crippen molar-refractivity contribution in [2.45, 2.75) is 44.6 Å². The van der Waals surface area contributed by atoms with E-state index in [1.807, 2.05) is 6.92 Å². The summed E-state index contributed by atoms with van der Waals surface area (Å²) < 4.78 is 0. The molecule has 1 heterocycles. The highest BCUT2D eigenvalue weighted by atomic mass is 16.4. The van der Waals surface area contributed by atoms with Crippen molar-refractivity contribution in [3.8, 4) is 0 Å². The van der Waals surface area contributed by atoms with Crippen molar-refractivity contribution in [1.82, 2.24) is 4.90 Å². The predicted molar refractivity (Wildman–Crippen MR) is 54.2 cm³/mol. The van der Waals surface area contributed by atoms with E-state index in [2.05, 4.69) is 4.90 Å². The number of carboxylic acids is 1. The fourth-order valence-corrected chi connectivity index (χ4v) is 2.91. The summed E-state index contributed by atoms with van der Waals surface area (Å²) in [6.07, 6.45) is 5.31. The Morgan fingerprint density at radius 2 is 2.00 bits per heavy atom. The quantitative estimate of drug-likeness (QED) is 0.746. The van der Waals surface area contributed by atoms with Gasteiger partial charge in [0.1, 0.15) is 5.54 Å². The lowest BCUT2D eigenvalue weighted by Gasteiger charge is -2.37. The second-order valence-corrected chi connectivity index (χ2v) is 4.55. The van der Waals surface area contributed by atoms with Crippen molar-refractivity contribution < 1.29 is 9.90 Å². The molecule has 1 saturated heterocycles. The lowest BCUT2D eigenvalue weighted by molar-refractivity contribution is -0.153. The molecule has 2 fully saturated rings. The number of carboxylic acid groups (broad SMARTS) is 1. The Morgan fingerprint density at radius 3 is 2.36 bits per heavy atom. The molecule has 3 nitrogen and oxygen atoms in total. The molecule has 0 aromatic heterocycles. The second kappa shape index (κ2) is 3.54. The van der Waals surface area contributed by atoms with Gasteiger partial charge in [0.15, 0.2) is 0 Å². The summed E-state index contributed by atoms with van der Waals surface area (Å²) in [4.78, 5) is 13.7. The van der Waals surface area contributed by atoms with Gasteiger partial charge in [0.05, 0.1) is 0 Å². The number of nitrogens with zero attached hydrogens (tertiary/aromatic N) is 1. The molecule has 0 spiro atoms. The molecule has 1 unspecified atom stereocenters. The van der Waals surface area contributed by atoms with Gasteiger partial charge >= 0.3 is 5.97 Å².